The molecule has 6 nitrogen and oxygen atoms in total. The summed E-state index contributed by atoms with van der Waals surface area (Å²) in [5.41, 5.74) is 0. The summed E-state index contributed by atoms with van der Waals surface area (Å²) in [7, 11) is 0. The average molecular weight is 941 g/mol. The molecule has 0 fully saturated rings. The van der Waals surface area contributed by atoms with Crippen molar-refractivity contribution in [2.75, 3.05) is 13.2 Å². The van der Waals surface area contributed by atoms with Gasteiger partial charge in [0.15, 0.2) is 0 Å². The minimum absolute atomic E-state index is 0.0192. The fraction of sp³-hybridized carbons (Fsp3) is 0.836. The number of carbonyl (C=O) groups excluding carboxylic acids is 2. The van der Waals surface area contributed by atoms with Crippen molar-refractivity contribution in [1.29, 1.82) is 0 Å². The van der Waals surface area contributed by atoms with E-state index < -0.39 is 12.1 Å². The van der Waals surface area contributed by atoms with E-state index in [0.717, 1.165) is 77.0 Å². The number of hydrogen-bond acceptors (Lipinski definition) is 5. The monoisotopic (exact) mass is 940 g/mol. The van der Waals surface area contributed by atoms with E-state index in [1.807, 2.05) is 6.08 Å². The van der Waals surface area contributed by atoms with Crippen LogP contribution in [0.1, 0.15) is 303 Å². The van der Waals surface area contributed by atoms with Crippen molar-refractivity contribution in [2.24, 2.45) is 0 Å². The zero-order valence-corrected chi connectivity index (χ0v) is 44.6. The molecule has 0 aromatic heterocycles. The Morgan fingerprint density at radius 3 is 1.18 bits per heavy atom. The Bertz CT molecular complexity index is 1130. The Morgan fingerprint density at radius 1 is 0.418 bits per heavy atom. The molecule has 0 bridgehead atoms. The predicted molar refractivity (Wildman–Crippen MR) is 292 cm³/mol. The van der Waals surface area contributed by atoms with Gasteiger partial charge in [0, 0.05) is 12.8 Å². The van der Waals surface area contributed by atoms with Gasteiger partial charge in [-0.25, -0.2) is 0 Å². The SMILES string of the molecule is CCCCC/C=C\C/C=C\CCCCCCCCCC(=O)OCCCCCC/C=C\CCCCCCCCCC(=O)NC(CO)C(O)/C=C/CCCCCCCCCCCCCCCCCC. The summed E-state index contributed by atoms with van der Waals surface area (Å²) in [5, 5.41) is 23.1. The topological polar surface area (TPSA) is 95.9 Å². The highest BCUT2D eigenvalue weighted by Crippen LogP contribution is 2.16. The first-order valence-corrected chi connectivity index (χ1v) is 29.4. The molecule has 2 unspecified atom stereocenters. The second-order valence-electron chi connectivity index (χ2n) is 20.0. The van der Waals surface area contributed by atoms with Crippen LogP contribution >= 0.6 is 0 Å². The van der Waals surface area contributed by atoms with Gasteiger partial charge in [0.25, 0.3) is 0 Å². The molecule has 0 aliphatic rings. The van der Waals surface area contributed by atoms with Gasteiger partial charge in [0.2, 0.25) is 5.91 Å². The molecule has 0 aromatic carbocycles. The number of carbonyl (C=O) groups is 2. The average Bonchev–Trinajstić information content (AvgIpc) is 3.33. The maximum absolute atomic E-state index is 12.5. The number of allylic oxidation sites excluding steroid dienone is 7. The molecule has 6 heteroatoms. The predicted octanol–water partition coefficient (Wildman–Crippen LogP) is 18.2. The van der Waals surface area contributed by atoms with Crippen LogP contribution in [0, 0.1) is 0 Å². The van der Waals surface area contributed by atoms with Crippen LogP contribution in [-0.4, -0.2) is 47.4 Å². The number of amides is 1. The minimum Gasteiger partial charge on any atom is -0.466 e. The van der Waals surface area contributed by atoms with Crippen LogP contribution in [0.15, 0.2) is 48.6 Å². The molecule has 0 rings (SSSR count). The van der Waals surface area contributed by atoms with Gasteiger partial charge in [-0.1, -0.05) is 249 Å². The largest absolute Gasteiger partial charge is 0.466 e. The molecule has 0 aliphatic heterocycles. The molecule has 3 N–H and O–H groups in total. The van der Waals surface area contributed by atoms with E-state index in [9.17, 15) is 19.8 Å². The smallest absolute Gasteiger partial charge is 0.305 e. The summed E-state index contributed by atoms with van der Waals surface area (Å²) in [6, 6.07) is -0.641. The fourth-order valence-corrected chi connectivity index (χ4v) is 8.78. The van der Waals surface area contributed by atoms with Gasteiger partial charge in [-0.3, -0.25) is 9.59 Å². The maximum atomic E-state index is 12.5. The summed E-state index contributed by atoms with van der Waals surface area (Å²) in [6.45, 7) is 4.85. The number of aliphatic hydroxyl groups is 2. The first-order chi connectivity index (χ1) is 33.0. The fourth-order valence-electron chi connectivity index (χ4n) is 8.78. The van der Waals surface area contributed by atoms with E-state index in [-0.39, 0.29) is 18.5 Å². The van der Waals surface area contributed by atoms with Gasteiger partial charge < -0.3 is 20.3 Å². The zero-order chi connectivity index (χ0) is 48.6. The Labute approximate surface area is 416 Å². The Kier molecular flexibility index (Phi) is 54.6. The highest BCUT2D eigenvalue weighted by molar-refractivity contribution is 5.76. The zero-order valence-electron chi connectivity index (χ0n) is 44.6. The second kappa shape index (κ2) is 56.4. The molecule has 0 radical (unpaired) electrons. The number of rotatable bonds is 54. The van der Waals surface area contributed by atoms with Crippen LogP contribution in [-0.2, 0) is 14.3 Å². The summed E-state index contributed by atoms with van der Waals surface area (Å²) in [5.74, 6) is -0.102. The first kappa shape index (κ1) is 64.8. The molecule has 0 heterocycles. The standard InChI is InChI=1S/C61H113NO5/c1-3-5-7-9-11-13-15-17-19-21-23-25-29-33-37-41-45-49-53-59(64)58(57-63)62-60(65)54-50-46-42-38-34-30-26-24-28-32-36-40-44-48-52-56-67-61(66)55-51-47-43-39-35-31-27-22-20-18-16-14-12-10-8-6-4-2/h12,14,18,20,28,32,49,53,58-59,63-64H,3-11,13,15-17,19,21-27,29-31,33-48,50-52,54-57H2,1-2H3,(H,62,65)/b14-12-,20-18-,32-28-,53-49+. The molecule has 0 aliphatic carbocycles. The second-order valence-corrected chi connectivity index (χ2v) is 20.0. The van der Waals surface area contributed by atoms with Crippen LogP contribution in [0.4, 0.5) is 0 Å². The van der Waals surface area contributed by atoms with Crippen molar-refractivity contribution in [3.8, 4) is 0 Å². The molecule has 392 valence electrons. The molecule has 0 saturated heterocycles. The normalized spacial score (nSPS) is 13.0. The van der Waals surface area contributed by atoms with Crippen LogP contribution in [0.25, 0.3) is 0 Å². The number of aliphatic hydroxyl groups excluding tert-OH is 2. The molecule has 0 aromatic rings. The van der Waals surface area contributed by atoms with Crippen molar-refractivity contribution in [3.63, 3.8) is 0 Å². The van der Waals surface area contributed by atoms with Gasteiger partial charge >= 0.3 is 5.97 Å². The Morgan fingerprint density at radius 2 is 0.746 bits per heavy atom. The highest BCUT2D eigenvalue weighted by Gasteiger charge is 2.18. The number of ether oxygens (including phenoxy) is 1. The van der Waals surface area contributed by atoms with E-state index in [0.29, 0.717) is 19.4 Å². The minimum atomic E-state index is -0.856. The van der Waals surface area contributed by atoms with Crippen molar-refractivity contribution in [1.82, 2.24) is 5.32 Å². The van der Waals surface area contributed by atoms with Crippen molar-refractivity contribution >= 4 is 11.9 Å². The molecule has 0 spiro atoms. The third-order valence-corrected chi connectivity index (χ3v) is 13.3. The summed E-state index contributed by atoms with van der Waals surface area (Å²) in [4.78, 5) is 24.5. The van der Waals surface area contributed by atoms with E-state index >= 15 is 0 Å². The van der Waals surface area contributed by atoms with Gasteiger partial charge in [0.1, 0.15) is 0 Å². The number of esters is 1. The van der Waals surface area contributed by atoms with Crippen LogP contribution in [0.5, 0.6) is 0 Å². The van der Waals surface area contributed by atoms with E-state index in [2.05, 4.69) is 55.6 Å². The molecular formula is C61H113NO5. The molecular weight excluding hydrogens is 827 g/mol. The van der Waals surface area contributed by atoms with Gasteiger partial charge in [-0.2, -0.15) is 0 Å². The Balaban J connectivity index is 3.51. The number of unbranched alkanes of at least 4 members (excludes halogenated alkanes) is 37. The molecule has 0 saturated carbocycles. The molecule has 1 amide bonds. The van der Waals surface area contributed by atoms with E-state index in [1.165, 1.54) is 199 Å². The molecule has 67 heavy (non-hydrogen) atoms. The first-order valence-electron chi connectivity index (χ1n) is 29.4. The van der Waals surface area contributed by atoms with Crippen LogP contribution in [0.2, 0.25) is 0 Å². The van der Waals surface area contributed by atoms with E-state index in [4.69, 9.17) is 4.74 Å². The lowest BCUT2D eigenvalue weighted by Gasteiger charge is -2.20. The summed E-state index contributed by atoms with van der Waals surface area (Å²) >= 11 is 0. The molecule has 2 atom stereocenters. The van der Waals surface area contributed by atoms with Crippen LogP contribution < -0.4 is 5.32 Å². The lowest BCUT2D eigenvalue weighted by Crippen LogP contribution is -2.45. The third kappa shape index (κ3) is 53.0. The van der Waals surface area contributed by atoms with Crippen molar-refractivity contribution in [3.05, 3.63) is 48.6 Å². The quantitative estimate of drug-likeness (QED) is 0.0321. The van der Waals surface area contributed by atoms with Gasteiger partial charge in [0.05, 0.1) is 25.4 Å². The summed E-state index contributed by atoms with van der Waals surface area (Å²) in [6.07, 6.45) is 71.3. The lowest BCUT2D eigenvalue weighted by molar-refractivity contribution is -0.143. The van der Waals surface area contributed by atoms with Gasteiger partial charge in [-0.05, 0) is 89.9 Å². The lowest BCUT2D eigenvalue weighted by atomic mass is 10.0. The Hall–Kier alpha value is -2.18. The highest BCUT2D eigenvalue weighted by atomic mass is 16.5. The van der Waals surface area contributed by atoms with Crippen molar-refractivity contribution in [2.45, 2.75) is 315 Å². The number of nitrogens with one attached hydrogen (secondary N) is 1. The number of hydrogen-bond donors (Lipinski definition) is 3. The summed E-state index contributed by atoms with van der Waals surface area (Å²) < 4.78 is 5.46. The van der Waals surface area contributed by atoms with E-state index in [1.54, 1.807) is 6.08 Å². The maximum Gasteiger partial charge on any atom is 0.305 e. The van der Waals surface area contributed by atoms with Crippen LogP contribution in [0.3, 0.4) is 0 Å². The van der Waals surface area contributed by atoms with Crippen molar-refractivity contribution < 1.29 is 24.5 Å². The van der Waals surface area contributed by atoms with Gasteiger partial charge in [-0.15, -0.1) is 0 Å². The third-order valence-electron chi connectivity index (χ3n) is 13.3.